The maximum absolute atomic E-state index is 11.5. The molecule has 0 saturated heterocycles. The zero-order valence-electron chi connectivity index (χ0n) is 11.2. The van der Waals surface area contributed by atoms with Gasteiger partial charge >= 0.3 is 5.97 Å². The van der Waals surface area contributed by atoms with Crippen LogP contribution >= 0.6 is 0 Å². The molecule has 0 saturated carbocycles. The van der Waals surface area contributed by atoms with Gasteiger partial charge in [-0.2, -0.15) is 5.26 Å². The third-order valence-electron chi connectivity index (χ3n) is 2.20. The number of benzene rings is 1. The summed E-state index contributed by atoms with van der Waals surface area (Å²) in [6, 6.07) is 7.40. The smallest absolute Gasteiger partial charge is 0.331 e. The molecular formula is C15H17NO2. The summed E-state index contributed by atoms with van der Waals surface area (Å²) < 4.78 is 5.17. The van der Waals surface area contributed by atoms with E-state index >= 15 is 0 Å². The number of aryl methyl sites for hydroxylation is 1. The minimum atomic E-state index is -0.485. The molecule has 3 nitrogen and oxygen atoms in total. The lowest BCUT2D eigenvalue weighted by atomic mass is 10.1. The number of carbonyl (C=O) groups is 1. The van der Waals surface area contributed by atoms with E-state index < -0.39 is 5.60 Å². The molecule has 0 aliphatic rings. The molecule has 94 valence electrons. The summed E-state index contributed by atoms with van der Waals surface area (Å²) >= 11 is 0. The molecule has 0 aliphatic heterocycles. The summed E-state index contributed by atoms with van der Waals surface area (Å²) in [5.74, 6) is -0.369. The summed E-state index contributed by atoms with van der Waals surface area (Å²) in [6.07, 6.45) is 3.10. The molecule has 0 aromatic heterocycles. The standard InChI is InChI=1S/C15H17NO2/c1-11-9-12(10-16)5-6-13(11)7-8-14(17)18-15(2,3)4/h5-9H,1-4H3. The Balaban J connectivity index is 2.80. The Morgan fingerprint density at radius 2 is 2.06 bits per heavy atom. The predicted octanol–water partition coefficient (Wildman–Crippen LogP) is 3.22. The number of hydrogen-bond donors (Lipinski definition) is 0. The van der Waals surface area contributed by atoms with Gasteiger partial charge in [-0.25, -0.2) is 4.79 Å². The van der Waals surface area contributed by atoms with Gasteiger partial charge in [-0.15, -0.1) is 0 Å². The zero-order valence-corrected chi connectivity index (χ0v) is 11.2. The van der Waals surface area contributed by atoms with Gasteiger partial charge in [0, 0.05) is 6.08 Å². The minimum Gasteiger partial charge on any atom is -0.457 e. The van der Waals surface area contributed by atoms with Crippen LogP contribution in [0.5, 0.6) is 0 Å². The third-order valence-corrected chi connectivity index (χ3v) is 2.20. The second-order valence-corrected chi connectivity index (χ2v) is 5.05. The summed E-state index contributed by atoms with van der Waals surface area (Å²) in [6.45, 7) is 7.37. The molecule has 3 heteroatoms. The highest BCUT2D eigenvalue weighted by molar-refractivity contribution is 5.87. The number of ether oxygens (including phenoxy) is 1. The van der Waals surface area contributed by atoms with Crippen LogP contribution in [0.3, 0.4) is 0 Å². The zero-order chi connectivity index (χ0) is 13.8. The summed E-state index contributed by atoms with van der Waals surface area (Å²) in [4.78, 5) is 11.5. The van der Waals surface area contributed by atoms with Crippen LogP contribution in [0.1, 0.15) is 37.5 Å². The normalized spacial score (nSPS) is 11.3. The summed E-state index contributed by atoms with van der Waals surface area (Å²) in [5.41, 5.74) is 1.98. The average molecular weight is 243 g/mol. The molecule has 0 unspecified atom stereocenters. The lowest BCUT2D eigenvalue weighted by Crippen LogP contribution is -2.22. The first-order valence-electron chi connectivity index (χ1n) is 5.73. The van der Waals surface area contributed by atoms with Crippen molar-refractivity contribution >= 4 is 12.0 Å². The topological polar surface area (TPSA) is 50.1 Å². The number of esters is 1. The number of nitriles is 1. The number of nitrogens with zero attached hydrogens (tertiary/aromatic N) is 1. The highest BCUT2D eigenvalue weighted by Gasteiger charge is 2.13. The van der Waals surface area contributed by atoms with Crippen LogP contribution < -0.4 is 0 Å². The third kappa shape index (κ3) is 4.42. The first-order valence-corrected chi connectivity index (χ1v) is 5.73. The van der Waals surface area contributed by atoms with Gasteiger partial charge in [0.15, 0.2) is 0 Å². The van der Waals surface area contributed by atoms with E-state index in [0.29, 0.717) is 5.56 Å². The van der Waals surface area contributed by atoms with Gasteiger partial charge in [0.1, 0.15) is 5.60 Å². The van der Waals surface area contributed by atoms with Crippen LogP contribution in [-0.2, 0) is 9.53 Å². The first kappa shape index (κ1) is 14.0. The Bertz CT molecular complexity index is 516. The Kier molecular flexibility index (Phi) is 4.28. The molecule has 1 aromatic rings. The van der Waals surface area contributed by atoms with E-state index in [2.05, 4.69) is 6.07 Å². The van der Waals surface area contributed by atoms with Gasteiger partial charge in [0.25, 0.3) is 0 Å². The van der Waals surface area contributed by atoms with Crippen molar-refractivity contribution in [3.63, 3.8) is 0 Å². The van der Waals surface area contributed by atoms with Crippen molar-refractivity contribution < 1.29 is 9.53 Å². The number of hydrogen-bond acceptors (Lipinski definition) is 3. The van der Waals surface area contributed by atoms with Gasteiger partial charge in [0.2, 0.25) is 0 Å². The van der Waals surface area contributed by atoms with E-state index in [-0.39, 0.29) is 5.97 Å². The number of carbonyl (C=O) groups excluding carboxylic acids is 1. The van der Waals surface area contributed by atoms with Crippen LogP contribution in [0, 0.1) is 18.3 Å². The monoisotopic (exact) mass is 243 g/mol. The van der Waals surface area contributed by atoms with E-state index in [9.17, 15) is 4.79 Å². The molecule has 0 N–H and O–H groups in total. The fourth-order valence-electron chi connectivity index (χ4n) is 1.43. The molecule has 0 radical (unpaired) electrons. The maximum Gasteiger partial charge on any atom is 0.331 e. The Hall–Kier alpha value is -2.08. The lowest BCUT2D eigenvalue weighted by Gasteiger charge is -2.17. The predicted molar refractivity (Wildman–Crippen MR) is 70.8 cm³/mol. The van der Waals surface area contributed by atoms with Crippen molar-refractivity contribution in [2.24, 2.45) is 0 Å². The van der Waals surface area contributed by atoms with E-state index in [1.54, 1.807) is 18.2 Å². The van der Waals surface area contributed by atoms with Gasteiger partial charge < -0.3 is 4.74 Å². The molecule has 0 fully saturated rings. The van der Waals surface area contributed by atoms with E-state index in [0.717, 1.165) is 11.1 Å². The van der Waals surface area contributed by atoms with Crippen molar-refractivity contribution in [3.05, 3.63) is 41.0 Å². The summed E-state index contributed by atoms with van der Waals surface area (Å²) in [7, 11) is 0. The van der Waals surface area contributed by atoms with Crippen molar-refractivity contribution in [2.75, 3.05) is 0 Å². The highest BCUT2D eigenvalue weighted by atomic mass is 16.6. The molecule has 1 aromatic carbocycles. The summed E-state index contributed by atoms with van der Waals surface area (Å²) in [5, 5.41) is 8.76. The van der Waals surface area contributed by atoms with Crippen molar-refractivity contribution in [3.8, 4) is 6.07 Å². The molecule has 0 heterocycles. The van der Waals surface area contributed by atoms with E-state index in [1.165, 1.54) is 6.08 Å². The fraction of sp³-hybridized carbons (Fsp3) is 0.333. The Morgan fingerprint density at radius 1 is 1.39 bits per heavy atom. The second kappa shape index (κ2) is 5.50. The average Bonchev–Trinajstić information content (AvgIpc) is 2.25. The molecule has 0 spiro atoms. The molecular weight excluding hydrogens is 226 g/mol. The van der Waals surface area contributed by atoms with E-state index in [4.69, 9.17) is 10.00 Å². The van der Waals surface area contributed by atoms with Gasteiger partial charge in [-0.05, 0) is 57.0 Å². The quantitative estimate of drug-likeness (QED) is 0.592. The van der Waals surface area contributed by atoms with Gasteiger partial charge in [0.05, 0.1) is 11.6 Å². The SMILES string of the molecule is Cc1cc(C#N)ccc1C=CC(=O)OC(C)(C)C. The molecule has 0 bridgehead atoms. The second-order valence-electron chi connectivity index (χ2n) is 5.05. The highest BCUT2D eigenvalue weighted by Crippen LogP contribution is 2.13. The first-order chi connectivity index (χ1) is 8.31. The van der Waals surface area contributed by atoms with Crippen LogP contribution in [0.4, 0.5) is 0 Å². The molecule has 0 amide bonds. The molecule has 18 heavy (non-hydrogen) atoms. The van der Waals surface area contributed by atoms with Crippen molar-refractivity contribution in [1.82, 2.24) is 0 Å². The van der Waals surface area contributed by atoms with Crippen LogP contribution in [0.25, 0.3) is 6.08 Å². The molecule has 1 rings (SSSR count). The molecule has 0 aliphatic carbocycles. The van der Waals surface area contributed by atoms with E-state index in [1.807, 2.05) is 33.8 Å². The number of rotatable bonds is 2. The van der Waals surface area contributed by atoms with Gasteiger partial charge in [-0.3, -0.25) is 0 Å². The molecule has 0 atom stereocenters. The largest absolute Gasteiger partial charge is 0.457 e. The van der Waals surface area contributed by atoms with Crippen molar-refractivity contribution in [1.29, 1.82) is 5.26 Å². The lowest BCUT2D eigenvalue weighted by molar-refractivity contribution is -0.148. The Morgan fingerprint density at radius 3 is 2.56 bits per heavy atom. The van der Waals surface area contributed by atoms with Crippen LogP contribution in [-0.4, -0.2) is 11.6 Å². The maximum atomic E-state index is 11.5. The van der Waals surface area contributed by atoms with Gasteiger partial charge in [-0.1, -0.05) is 6.07 Å². The van der Waals surface area contributed by atoms with Crippen molar-refractivity contribution in [2.45, 2.75) is 33.3 Å². The minimum absolute atomic E-state index is 0.369. The fourth-order valence-corrected chi connectivity index (χ4v) is 1.43. The Labute approximate surface area is 108 Å². The van der Waals surface area contributed by atoms with Crippen LogP contribution in [0.15, 0.2) is 24.3 Å². The van der Waals surface area contributed by atoms with Crippen LogP contribution in [0.2, 0.25) is 0 Å².